The largest absolute Gasteiger partial charge is 0.507 e. The molecule has 2 heterocycles. The lowest BCUT2D eigenvalue weighted by Crippen LogP contribution is -2.30. The Balaban J connectivity index is 1.96. The number of thiophene rings is 1. The molecule has 7 heteroatoms. The number of ketones is 1. The molecule has 1 N–H and O–H groups in total. The van der Waals surface area contributed by atoms with Gasteiger partial charge in [-0.15, -0.1) is 11.3 Å². The molecular weight excluding hydrogens is 426 g/mol. The van der Waals surface area contributed by atoms with Crippen molar-refractivity contribution in [3.05, 3.63) is 81.1 Å². The number of para-hydroxylation sites is 1. The Morgan fingerprint density at radius 3 is 2.31 bits per heavy atom. The zero-order chi connectivity index (χ0) is 23.0. The van der Waals surface area contributed by atoms with Gasteiger partial charge < -0.3 is 14.6 Å². The highest BCUT2D eigenvalue weighted by molar-refractivity contribution is 7.10. The predicted octanol–water partition coefficient (Wildman–Crippen LogP) is 5.01. The topological polar surface area (TPSA) is 76.1 Å². The summed E-state index contributed by atoms with van der Waals surface area (Å²) in [5.41, 5.74) is 2.86. The van der Waals surface area contributed by atoms with E-state index in [4.69, 9.17) is 9.47 Å². The first-order valence-corrected chi connectivity index (χ1v) is 10.9. The molecule has 1 unspecified atom stereocenters. The Morgan fingerprint density at radius 1 is 0.969 bits per heavy atom. The molecule has 1 amide bonds. The van der Waals surface area contributed by atoms with Crippen LogP contribution in [0.4, 0.5) is 5.69 Å². The fourth-order valence-corrected chi connectivity index (χ4v) is 4.99. The minimum Gasteiger partial charge on any atom is -0.507 e. The Bertz CT molecular complexity index is 1240. The van der Waals surface area contributed by atoms with Gasteiger partial charge in [0.1, 0.15) is 11.8 Å². The minimum absolute atomic E-state index is 0.0519. The first kappa shape index (κ1) is 21.6. The van der Waals surface area contributed by atoms with Crippen LogP contribution in [0.3, 0.4) is 0 Å². The van der Waals surface area contributed by atoms with Gasteiger partial charge in [-0.2, -0.15) is 0 Å². The molecule has 1 aliphatic rings. The minimum atomic E-state index is -0.732. The number of hydrogen-bond donors (Lipinski definition) is 1. The smallest absolute Gasteiger partial charge is 0.300 e. The van der Waals surface area contributed by atoms with Gasteiger partial charge in [-0.3, -0.25) is 14.5 Å². The number of aliphatic hydroxyl groups is 1. The Morgan fingerprint density at radius 2 is 1.69 bits per heavy atom. The van der Waals surface area contributed by atoms with E-state index >= 15 is 0 Å². The van der Waals surface area contributed by atoms with Crippen LogP contribution < -0.4 is 14.4 Å². The average Bonchev–Trinajstić information content (AvgIpc) is 3.33. The molecule has 4 rings (SSSR count). The molecule has 1 aromatic heterocycles. The van der Waals surface area contributed by atoms with Gasteiger partial charge in [0.2, 0.25) is 0 Å². The SMILES string of the molecule is COc1ccc(/C(O)=C2/C(=O)C(=O)N(c3ccccc3C)C2c2sccc2C)cc1OC. The van der Waals surface area contributed by atoms with E-state index in [2.05, 4.69) is 0 Å². The maximum absolute atomic E-state index is 13.2. The molecule has 1 atom stereocenters. The quantitative estimate of drug-likeness (QED) is 0.337. The zero-order valence-corrected chi connectivity index (χ0v) is 19.0. The lowest BCUT2D eigenvalue weighted by Gasteiger charge is -2.26. The van der Waals surface area contributed by atoms with E-state index in [1.54, 1.807) is 18.2 Å². The summed E-state index contributed by atoms with van der Waals surface area (Å²) in [6, 6.07) is 13.5. The summed E-state index contributed by atoms with van der Waals surface area (Å²) in [6.07, 6.45) is 0. The van der Waals surface area contributed by atoms with Gasteiger partial charge in [-0.1, -0.05) is 18.2 Å². The van der Waals surface area contributed by atoms with Crippen LogP contribution in [0.5, 0.6) is 11.5 Å². The van der Waals surface area contributed by atoms with Crippen LogP contribution in [0.25, 0.3) is 5.76 Å². The summed E-state index contributed by atoms with van der Waals surface area (Å²) in [6.45, 7) is 3.82. The number of aliphatic hydroxyl groups excluding tert-OH is 1. The number of Topliss-reactive ketones (excluding diaryl/α,β-unsaturated/α-hetero) is 1. The van der Waals surface area contributed by atoms with Crippen molar-refractivity contribution in [3.8, 4) is 11.5 Å². The number of aryl methyl sites for hydroxylation is 2. The molecule has 6 nitrogen and oxygen atoms in total. The highest BCUT2D eigenvalue weighted by Gasteiger charge is 2.48. The molecule has 1 fully saturated rings. The first-order chi connectivity index (χ1) is 15.4. The Hall–Kier alpha value is -3.58. The lowest BCUT2D eigenvalue weighted by atomic mass is 9.98. The number of methoxy groups -OCH3 is 2. The molecule has 1 saturated heterocycles. The highest BCUT2D eigenvalue weighted by Crippen LogP contribution is 2.46. The Labute approximate surface area is 190 Å². The van der Waals surface area contributed by atoms with Crippen molar-refractivity contribution in [2.45, 2.75) is 19.9 Å². The number of rotatable bonds is 5. The number of carbonyl (C=O) groups is 2. The maximum Gasteiger partial charge on any atom is 0.300 e. The van der Waals surface area contributed by atoms with Crippen molar-refractivity contribution in [2.75, 3.05) is 19.1 Å². The van der Waals surface area contributed by atoms with Crippen molar-refractivity contribution in [1.29, 1.82) is 0 Å². The molecule has 0 aliphatic carbocycles. The van der Waals surface area contributed by atoms with Crippen molar-refractivity contribution < 1.29 is 24.2 Å². The van der Waals surface area contributed by atoms with E-state index in [1.165, 1.54) is 30.5 Å². The fraction of sp³-hybridized carbons (Fsp3) is 0.200. The number of amides is 1. The third-order valence-electron chi connectivity index (χ3n) is 5.63. The number of ether oxygens (including phenoxy) is 2. The number of carbonyl (C=O) groups excluding carboxylic acids is 2. The van der Waals surface area contributed by atoms with Gasteiger partial charge in [-0.25, -0.2) is 0 Å². The summed E-state index contributed by atoms with van der Waals surface area (Å²) < 4.78 is 10.6. The molecule has 0 saturated carbocycles. The van der Waals surface area contributed by atoms with E-state index in [0.29, 0.717) is 22.7 Å². The van der Waals surface area contributed by atoms with E-state index in [0.717, 1.165) is 16.0 Å². The molecule has 164 valence electrons. The predicted molar refractivity (Wildman–Crippen MR) is 125 cm³/mol. The van der Waals surface area contributed by atoms with Crippen LogP contribution in [0.15, 0.2) is 59.5 Å². The van der Waals surface area contributed by atoms with Gasteiger partial charge in [0.25, 0.3) is 11.7 Å². The van der Waals surface area contributed by atoms with Crippen molar-refractivity contribution in [3.63, 3.8) is 0 Å². The van der Waals surface area contributed by atoms with Gasteiger partial charge in [0.05, 0.1) is 19.8 Å². The van der Waals surface area contributed by atoms with E-state index in [9.17, 15) is 14.7 Å². The second-order valence-corrected chi connectivity index (χ2v) is 8.44. The number of hydrogen-bond acceptors (Lipinski definition) is 6. The third-order valence-corrected chi connectivity index (χ3v) is 6.70. The Kier molecular flexibility index (Phi) is 5.76. The summed E-state index contributed by atoms with van der Waals surface area (Å²) in [7, 11) is 3.01. The molecule has 0 spiro atoms. The van der Waals surface area contributed by atoms with E-state index in [-0.39, 0.29) is 11.3 Å². The van der Waals surface area contributed by atoms with Crippen molar-refractivity contribution in [2.24, 2.45) is 0 Å². The maximum atomic E-state index is 13.2. The molecule has 0 radical (unpaired) electrons. The van der Waals surface area contributed by atoms with Crippen LogP contribution in [0, 0.1) is 13.8 Å². The van der Waals surface area contributed by atoms with Crippen molar-refractivity contribution in [1.82, 2.24) is 0 Å². The number of nitrogens with zero attached hydrogens (tertiary/aromatic N) is 1. The van der Waals surface area contributed by atoms with Crippen LogP contribution in [-0.4, -0.2) is 31.0 Å². The third kappa shape index (κ3) is 3.44. The molecule has 0 bridgehead atoms. The highest BCUT2D eigenvalue weighted by atomic mass is 32.1. The number of benzene rings is 2. The van der Waals surface area contributed by atoms with Gasteiger partial charge in [-0.05, 0) is 60.7 Å². The standard InChI is InChI=1S/C25H23NO5S/c1-14-7-5-6-8-17(14)26-21(24-15(2)11-12-32-24)20(23(28)25(26)29)22(27)16-9-10-18(30-3)19(13-16)31-4/h5-13,21,27H,1-4H3/b22-20-. The van der Waals surface area contributed by atoms with Crippen LogP contribution in [-0.2, 0) is 9.59 Å². The van der Waals surface area contributed by atoms with Crippen LogP contribution >= 0.6 is 11.3 Å². The lowest BCUT2D eigenvalue weighted by molar-refractivity contribution is -0.132. The normalized spacial score (nSPS) is 17.6. The van der Waals surface area contributed by atoms with E-state index in [1.807, 2.05) is 49.6 Å². The number of anilines is 1. The second-order valence-electron chi connectivity index (χ2n) is 7.49. The fourth-order valence-electron chi connectivity index (χ4n) is 3.97. The summed E-state index contributed by atoms with van der Waals surface area (Å²) in [5, 5.41) is 13.2. The molecule has 3 aromatic rings. The average molecular weight is 450 g/mol. The van der Waals surface area contributed by atoms with Gasteiger partial charge in [0.15, 0.2) is 11.5 Å². The molecule has 1 aliphatic heterocycles. The molecule has 2 aromatic carbocycles. The van der Waals surface area contributed by atoms with Crippen molar-refractivity contribution >= 4 is 34.5 Å². The summed E-state index contributed by atoms with van der Waals surface area (Å²) >= 11 is 1.45. The molecular formula is C25H23NO5S. The first-order valence-electron chi connectivity index (χ1n) is 10.0. The van der Waals surface area contributed by atoms with Gasteiger partial charge in [0, 0.05) is 16.1 Å². The monoisotopic (exact) mass is 449 g/mol. The summed E-state index contributed by atoms with van der Waals surface area (Å²) in [4.78, 5) is 28.8. The van der Waals surface area contributed by atoms with Crippen LogP contribution in [0.2, 0.25) is 0 Å². The summed E-state index contributed by atoms with van der Waals surface area (Å²) in [5.74, 6) is -0.737. The zero-order valence-electron chi connectivity index (χ0n) is 18.2. The van der Waals surface area contributed by atoms with E-state index < -0.39 is 17.7 Å². The second kappa shape index (κ2) is 8.51. The molecule has 32 heavy (non-hydrogen) atoms. The van der Waals surface area contributed by atoms with Crippen LogP contribution in [0.1, 0.15) is 27.6 Å². The van der Waals surface area contributed by atoms with Gasteiger partial charge >= 0.3 is 0 Å².